The fourth-order valence-electron chi connectivity index (χ4n) is 2.41. The van der Waals surface area contributed by atoms with Crippen molar-refractivity contribution in [1.29, 1.82) is 0 Å². The molecule has 2 N–H and O–H groups in total. The van der Waals surface area contributed by atoms with Crippen molar-refractivity contribution in [2.24, 2.45) is 5.92 Å². The molecule has 0 bridgehead atoms. The highest BCUT2D eigenvalue weighted by Gasteiger charge is 2.34. The maximum Gasteiger partial charge on any atom is 0.292 e. The molecule has 1 heterocycles. The second-order valence-corrected chi connectivity index (χ2v) is 5.08. The van der Waals surface area contributed by atoms with E-state index < -0.39 is 4.92 Å². The molecule has 1 aromatic carbocycles. The van der Waals surface area contributed by atoms with Crippen LogP contribution in [0.15, 0.2) is 18.2 Å². The molecule has 7 heteroatoms. The van der Waals surface area contributed by atoms with Crippen molar-refractivity contribution in [2.75, 3.05) is 25.1 Å². The topological polar surface area (TPSA) is 93.5 Å². The van der Waals surface area contributed by atoms with Crippen LogP contribution in [0.25, 0.3) is 0 Å². The molecule has 0 radical (unpaired) electrons. The minimum Gasteiger partial charge on any atom is -0.379 e. The van der Waals surface area contributed by atoms with Crippen molar-refractivity contribution in [1.82, 2.24) is 5.32 Å². The van der Waals surface area contributed by atoms with Crippen LogP contribution in [0.1, 0.15) is 12.5 Å². The van der Waals surface area contributed by atoms with Crippen molar-refractivity contribution in [3.8, 4) is 0 Å². The summed E-state index contributed by atoms with van der Waals surface area (Å²) in [5, 5.41) is 16.9. The van der Waals surface area contributed by atoms with Gasteiger partial charge in [0.05, 0.1) is 24.1 Å². The Morgan fingerprint density at radius 1 is 1.48 bits per heavy atom. The lowest BCUT2D eigenvalue weighted by molar-refractivity contribution is -0.383. The zero-order chi connectivity index (χ0) is 15.4. The molecule has 1 amide bonds. The molecule has 21 heavy (non-hydrogen) atoms. The molecule has 2 unspecified atom stereocenters. The Balaban J connectivity index is 2.16. The molecule has 0 aromatic heterocycles. The van der Waals surface area contributed by atoms with Crippen LogP contribution >= 0.6 is 0 Å². The predicted molar refractivity (Wildman–Crippen MR) is 78.2 cm³/mol. The molecule has 0 aliphatic carbocycles. The average Bonchev–Trinajstić information content (AvgIpc) is 2.87. The number of rotatable bonds is 5. The monoisotopic (exact) mass is 293 g/mol. The summed E-state index contributed by atoms with van der Waals surface area (Å²) in [4.78, 5) is 22.9. The number of ether oxygens (including phenoxy) is 1. The maximum atomic E-state index is 12.3. The Hall–Kier alpha value is -1.99. The summed E-state index contributed by atoms with van der Waals surface area (Å²) >= 11 is 0. The van der Waals surface area contributed by atoms with E-state index >= 15 is 0 Å². The first-order chi connectivity index (χ1) is 10.0. The normalized spacial score (nSPS) is 21.2. The van der Waals surface area contributed by atoms with Crippen LogP contribution in [-0.2, 0) is 9.53 Å². The Bertz CT molecular complexity index is 547. The van der Waals surface area contributed by atoms with Crippen molar-refractivity contribution in [2.45, 2.75) is 19.9 Å². The maximum absolute atomic E-state index is 12.3. The molecule has 1 saturated heterocycles. The number of likely N-dealkylation sites (N-methyl/N-ethyl adjacent to an activating group) is 1. The Morgan fingerprint density at radius 3 is 2.90 bits per heavy atom. The minimum absolute atomic E-state index is 0.0566. The number of nitrogens with one attached hydrogen (secondary N) is 2. The van der Waals surface area contributed by atoms with Crippen LogP contribution in [0.5, 0.6) is 0 Å². The Labute approximate surface area is 122 Å². The summed E-state index contributed by atoms with van der Waals surface area (Å²) in [6, 6.07) is 4.60. The second kappa shape index (κ2) is 6.64. The highest BCUT2D eigenvalue weighted by atomic mass is 16.6. The van der Waals surface area contributed by atoms with Crippen molar-refractivity contribution in [3.63, 3.8) is 0 Å². The smallest absolute Gasteiger partial charge is 0.292 e. The van der Waals surface area contributed by atoms with Gasteiger partial charge in [0.1, 0.15) is 5.69 Å². The molecular weight excluding hydrogens is 274 g/mol. The quantitative estimate of drug-likeness (QED) is 0.633. The fraction of sp³-hybridized carbons (Fsp3) is 0.500. The van der Waals surface area contributed by atoms with Gasteiger partial charge in [0.15, 0.2) is 0 Å². The number of hydrogen-bond acceptors (Lipinski definition) is 5. The third-order valence-electron chi connectivity index (χ3n) is 3.49. The molecule has 7 nitrogen and oxygen atoms in total. The van der Waals surface area contributed by atoms with Crippen LogP contribution in [0.3, 0.4) is 0 Å². The average molecular weight is 293 g/mol. The van der Waals surface area contributed by atoms with Crippen molar-refractivity contribution >= 4 is 17.3 Å². The number of carbonyl (C=O) groups excluding carboxylic acids is 1. The summed E-state index contributed by atoms with van der Waals surface area (Å²) in [5.41, 5.74) is 0.974. The number of hydrogen-bond donors (Lipinski definition) is 2. The first kappa shape index (κ1) is 15.4. The molecule has 114 valence electrons. The van der Waals surface area contributed by atoms with Gasteiger partial charge < -0.3 is 15.4 Å². The molecule has 2 atom stereocenters. The number of benzene rings is 1. The van der Waals surface area contributed by atoms with Gasteiger partial charge in [0.25, 0.3) is 5.69 Å². The summed E-state index contributed by atoms with van der Waals surface area (Å²) in [6.07, 6.45) is 0. The van der Waals surface area contributed by atoms with E-state index in [2.05, 4.69) is 10.6 Å². The first-order valence-electron chi connectivity index (χ1n) is 6.90. The fourth-order valence-corrected chi connectivity index (χ4v) is 2.41. The summed E-state index contributed by atoms with van der Waals surface area (Å²) < 4.78 is 5.33. The first-order valence-corrected chi connectivity index (χ1v) is 6.90. The summed E-state index contributed by atoms with van der Waals surface area (Å²) in [5.74, 6) is -0.600. The highest BCUT2D eigenvalue weighted by molar-refractivity contribution is 5.95. The molecular formula is C14H19N3O4. The van der Waals surface area contributed by atoms with Gasteiger partial charge in [0, 0.05) is 12.1 Å². The van der Waals surface area contributed by atoms with Gasteiger partial charge in [-0.1, -0.05) is 13.0 Å². The van der Waals surface area contributed by atoms with Crippen LogP contribution < -0.4 is 10.6 Å². The van der Waals surface area contributed by atoms with Crippen LogP contribution in [0.2, 0.25) is 0 Å². The van der Waals surface area contributed by atoms with Gasteiger partial charge in [-0.2, -0.15) is 0 Å². The summed E-state index contributed by atoms with van der Waals surface area (Å²) in [6.45, 7) is 5.31. The zero-order valence-electron chi connectivity index (χ0n) is 12.1. The van der Waals surface area contributed by atoms with Gasteiger partial charge in [0.2, 0.25) is 5.91 Å². The van der Waals surface area contributed by atoms with Gasteiger partial charge >= 0.3 is 0 Å². The Morgan fingerprint density at radius 2 is 2.24 bits per heavy atom. The standard InChI is InChI=1S/C14H19N3O4/c1-3-15-12-8-21-7-10(12)14(18)16-11-6-9(2)4-5-13(11)17(19)20/h4-6,10,12,15H,3,7-8H2,1-2H3,(H,16,18). The van der Waals surface area contributed by atoms with E-state index in [-0.39, 0.29) is 29.2 Å². The van der Waals surface area contributed by atoms with Crippen LogP contribution in [-0.4, -0.2) is 36.6 Å². The lowest BCUT2D eigenvalue weighted by atomic mass is 10.0. The van der Waals surface area contributed by atoms with E-state index in [1.807, 2.05) is 13.8 Å². The SMILES string of the molecule is CCNC1COCC1C(=O)Nc1cc(C)ccc1[N+](=O)[O-]. The molecule has 1 aliphatic rings. The van der Waals surface area contributed by atoms with E-state index in [0.717, 1.165) is 12.1 Å². The lowest BCUT2D eigenvalue weighted by Gasteiger charge is -2.17. The second-order valence-electron chi connectivity index (χ2n) is 5.08. The van der Waals surface area contributed by atoms with E-state index in [1.165, 1.54) is 6.07 Å². The molecule has 1 aromatic rings. The third kappa shape index (κ3) is 3.56. The number of nitrogens with zero attached hydrogens (tertiary/aromatic N) is 1. The van der Waals surface area contributed by atoms with Crippen LogP contribution in [0, 0.1) is 23.0 Å². The number of nitro groups is 1. The number of nitro benzene ring substituents is 1. The van der Waals surface area contributed by atoms with Gasteiger partial charge in [-0.3, -0.25) is 14.9 Å². The third-order valence-corrected chi connectivity index (χ3v) is 3.49. The predicted octanol–water partition coefficient (Wildman–Crippen LogP) is 1.47. The molecule has 0 spiro atoms. The minimum atomic E-state index is -0.498. The van der Waals surface area contributed by atoms with E-state index in [4.69, 9.17) is 4.74 Å². The zero-order valence-corrected chi connectivity index (χ0v) is 12.1. The molecule has 0 saturated carbocycles. The van der Waals surface area contributed by atoms with Gasteiger partial charge in [-0.15, -0.1) is 0 Å². The highest BCUT2D eigenvalue weighted by Crippen LogP contribution is 2.26. The number of aryl methyl sites for hydroxylation is 1. The largest absolute Gasteiger partial charge is 0.379 e. The van der Waals surface area contributed by atoms with Gasteiger partial charge in [-0.05, 0) is 25.1 Å². The number of carbonyl (C=O) groups is 1. The van der Waals surface area contributed by atoms with Gasteiger partial charge in [-0.25, -0.2) is 0 Å². The Kier molecular flexibility index (Phi) is 4.87. The van der Waals surface area contributed by atoms with E-state index in [0.29, 0.717) is 13.2 Å². The summed E-state index contributed by atoms with van der Waals surface area (Å²) in [7, 11) is 0. The molecule has 2 rings (SSSR count). The van der Waals surface area contributed by atoms with Crippen LogP contribution in [0.4, 0.5) is 11.4 Å². The van der Waals surface area contributed by atoms with Crippen molar-refractivity contribution in [3.05, 3.63) is 33.9 Å². The molecule has 1 aliphatic heterocycles. The van der Waals surface area contributed by atoms with E-state index in [9.17, 15) is 14.9 Å². The molecule has 1 fully saturated rings. The number of amides is 1. The lowest BCUT2D eigenvalue weighted by Crippen LogP contribution is -2.41. The van der Waals surface area contributed by atoms with Crippen molar-refractivity contribution < 1.29 is 14.5 Å². The number of anilines is 1. The van der Waals surface area contributed by atoms with E-state index in [1.54, 1.807) is 12.1 Å².